The molecule has 2 amide bonds. The molecule has 4 nitrogen and oxygen atoms in total. The Morgan fingerprint density at radius 2 is 2.44 bits per heavy atom. The van der Waals surface area contributed by atoms with Gasteiger partial charge in [0.05, 0.1) is 0 Å². The molecule has 9 heavy (non-hydrogen) atoms. The van der Waals surface area contributed by atoms with Gasteiger partial charge in [-0.15, -0.1) is 0 Å². The van der Waals surface area contributed by atoms with Gasteiger partial charge in [0, 0.05) is 0 Å². The normalized spacial score (nSPS) is 18.0. The Morgan fingerprint density at radius 1 is 1.78 bits per heavy atom. The highest BCUT2D eigenvalue weighted by molar-refractivity contribution is 7.80. The van der Waals surface area contributed by atoms with E-state index in [9.17, 15) is 9.59 Å². The third-order valence-corrected chi connectivity index (χ3v) is 1.28. The number of thiocarbonyl (C=S) groups is 1. The van der Waals surface area contributed by atoms with E-state index in [2.05, 4.69) is 17.5 Å². The first-order valence-electron chi connectivity index (χ1n) is 2.30. The molecule has 0 aromatic carbocycles. The molecule has 0 radical (unpaired) electrons. The lowest BCUT2D eigenvalue weighted by Crippen LogP contribution is -2.26. The Morgan fingerprint density at radius 3 is 2.67 bits per heavy atom. The number of carbonyl (C=O) groups is 2. The topological polar surface area (TPSA) is 49.4 Å². The van der Waals surface area contributed by atoms with E-state index in [4.69, 9.17) is 0 Å². The maximum atomic E-state index is 10.4. The summed E-state index contributed by atoms with van der Waals surface area (Å²) < 4.78 is 0. The van der Waals surface area contributed by atoms with Crippen LogP contribution in [-0.2, 0) is 9.59 Å². The molecule has 0 unspecified atom stereocenters. The quantitative estimate of drug-likeness (QED) is 0.374. The van der Waals surface area contributed by atoms with Gasteiger partial charge in [-0.3, -0.25) is 14.5 Å². The van der Waals surface area contributed by atoms with Crippen LogP contribution in [-0.4, -0.2) is 28.9 Å². The van der Waals surface area contributed by atoms with Crippen molar-refractivity contribution >= 4 is 29.6 Å². The van der Waals surface area contributed by atoms with Crippen LogP contribution < -0.4 is 5.32 Å². The Balaban J connectivity index is 2.68. The molecule has 0 saturated carbocycles. The summed E-state index contributed by atoms with van der Waals surface area (Å²) in [5, 5.41) is 2.49. The molecule has 1 saturated heterocycles. The van der Waals surface area contributed by atoms with Gasteiger partial charge in [-0.1, -0.05) is 0 Å². The van der Waals surface area contributed by atoms with Crippen molar-refractivity contribution in [1.29, 1.82) is 0 Å². The number of hydrogen-bond acceptors (Lipinski definition) is 3. The fourth-order valence-corrected chi connectivity index (χ4v) is 0.764. The molecule has 0 aliphatic carbocycles. The van der Waals surface area contributed by atoms with Crippen LogP contribution in [0.2, 0.25) is 0 Å². The lowest BCUT2D eigenvalue weighted by molar-refractivity contribution is -0.121. The van der Waals surface area contributed by atoms with E-state index in [1.54, 1.807) is 0 Å². The average molecular weight is 144 g/mol. The molecule has 1 aliphatic rings. The van der Waals surface area contributed by atoms with E-state index in [0.29, 0.717) is 6.41 Å². The van der Waals surface area contributed by atoms with E-state index in [-0.39, 0.29) is 17.6 Å². The predicted octanol–water partition coefficient (Wildman–Crippen LogP) is -1.14. The van der Waals surface area contributed by atoms with Crippen molar-refractivity contribution < 1.29 is 9.59 Å². The summed E-state index contributed by atoms with van der Waals surface area (Å²) in [5.41, 5.74) is 0. The molecule has 48 valence electrons. The molecule has 1 aliphatic heterocycles. The van der Waals surface area contributed by atoms with Crippen molar-refractivity contribution in [2.75, 3.05) is 6.54 Å². The van der Waals surface area contributed by atoms with Crippen molar-refractivity contribution in [2.24, 2.45) is 0 Å². The molecule has 0 aromatic rings. The first-order chi connectivity index (χ1) is 4.24. The van der Waals surface area contributed by atoms with Crippen LogP contribution in [0.5, 0.6) is 0 Å². The fourth-order valence-electron chi connectivity index (χ4n) is 0.542. The summed E-state index contributed by atoms with van der Waals surface area (Å²) in [5.74, 6) is -0.230. The zero-order valence-corrected chi connectivity index (χ0v) is 5.27. The predicted molar refractivity (Wildman–Crippen MR) is 33.5 cm³/mol. The molecule has 1 fully saturated rings. The summed E-state index contributed by atoms with van der Waals surface area (Å²) in [6.45, 7) is 0.0579. The van der Waals surface area contributed by atoms with Gasteiger partial charge >= 0.3 is 0 Å². The molecule has 0 atom stereocenters. The summed E-state index contributed by atoms with van der Waals surface area (Å²) in [6.07, 6.45) is 0.528. The molecule has 1 N–H and O–H groups in total. The zero-order chi connectivity index (χ0) is 6.85. The van der Waals surface area contributed by atoms with Crippen LogP contribution in [0.4, 0.5) is 0 Å². The Bertz CT molecular complexity index is 179. The molecular weight excluding hydrogens is 140 g/mol. The average Bonchev–Trinajstić information content (AvgIpc) is 2.10. The second-order valence-electron chi connectivity index (χ2n) is 1.59. The minimum atomic E-state index is -0.230. The Kier molecular flexibility index (Phi) is 1.44. The number of carbonyl (C=O) groups excluding carboxylic acids is 2. The van der Waals surface area contributed by atoms with Gasteiger partial charge in [-0.2, -0.15) is 0 Å². The van der Waals surface area contributed by atoms with Gasteiger partial charge in [0.1, 0.15) is 6.54 Å². The monoisotopic (exact) mass is 144 g/mol. The van der Waals surface area contributed by atoms with Crippen molar-refractivity contribution in [1.82, 2.24) is 10.2 Å². The van der Waals surface area contributed by atoms with Gasteiger partial charge < -0.3 is 5.32 Å². The lowest BCUT2D eigenvalue weighted by atomic mass is 10.6. The Labute approximate surface area is 56.8 Å². The minimum Gasteiger partial charge on any atom is -0.301 e. The van der Waals surface area contributed by atoms with Crippen molar-refractivity contribution in [3.8, 4) is 0 Å². The number of nitrogens with zero attached hydrogens (tertiary/aromatic N) is 1. The number of rotatable bonds is 1. The van der Waals surface area contributed by atoms with Crippen molar-refractivity contribution in [3.63, 3.8) is 0 Å². The van der Waals surface area contributed by atoms with Crippen molar-refractivity contribution in [2.45, 2.75) is 0 Å². The van der Waals surface area contributed by atoms with Gasteiger partial charge in [0.15, 0.2) is 5.11 Å². The minimum absolute atomic E-state index is 0.0579. The van der Waals surface area contributed by atoms with Gasteiger partial charge in [-0.05, 0) is 12.2 Å². The molecule has 1 heterocycles. The van der Waals surface area contributed by atoms with Crippen LogP contribution in [0.3, 0.4) is 0 Å². The summed E-state index contributed by atoms with van der Waals surface area (Å²) in [7, 11) is 0. The zero-order valence-electron chi connectivity index (χ0n) is 4.46. The van der Waals surface area contributed by atoms with E-state index in [0.717, 1.165) is 4.90 Å². The maximum absolute atomic E-state index is 10.4. The highest BCUT2D eigenvalue weighted by atomic mass is 32.1. The van der Waals surface area contributed by atoms with E-state index < -0.39 is 0 Å². The maximum Gasteiger partial charge on any atom is 0.246 e. The van der Waals surface area contributed by atoms with Crippen LogP contribution in [0, 0.1) is 0 Å². The van der Waals surface area contributed by atoms with Crippen LogP contribution >= 0.6 is 12.2 Å². The SMILES string of the molecule is O=CN1CC(=O)NC1=S. The Hall–Kier alpha value is -0.970. The molecule has 1 rings (SSSR count). The molecular formula is C4H4N2O2S. The van der Waals surface area contributed by atoms with Gasteiger partial charge in [0.2, 0.25) is 12.3 Å². The summed E-state index contributed by atoms with van der Waals surface area (Å²) >= 11 is 4.58. The van der Waals surface area contributed by atoms with Gasteiger partial charge in [0.25, 0.3) is 0 Å². The first kappa shape index (κ1) is 6.15. The second-order valence-corrected chi connectivity index (χ2v) is 1.97. The highest BCUT2D eigenvalue weighted by Gasteiger charge is 2.21. The fraction of sp³-hybridized carbons (Fsp3) is 0.250. The number of hydrogen-bond donors (Lipinski definition) is 1. The van der Waals surface area contributed by atoms with Crippen LogP contribution in [0.1, 0.15) is 0 Å². The van der Waals surface area contributed by atoms with Crippen molar-refractivity contribution in [3.05, 3.63) is 0 Å². The summed E-state index contributed by atoms with van der Waals surface area (Å²) in [4.78, 5) is 21.6. The molecule has 0 spiro atoms. The van der Waals surface area contributed by atoms with E-state index in [1.165, 1.54) is 0 Å². The lowest BCUT2D eigenvalue weighted by Gasteiger charge is -2.01. The van der Waals surface area contributed by atoms with Crippen LogP contribution in [0.15, 0.2) is 0 Å². The first-order valence-corrected chi connectivity index (χ1v) is 2.70. The smallest absolute Gasteiger partial charge is 0.246 e. The second kappa shape index (κ2) is 2.10. The third kappa shape index (κ3) is 1.05. The van der Waals surface area contributed by atoms with E-state index >= 15 is 0 Å². The number of amides is 2. The molecule has 0 aromatic heterocycles. The molecule has 0 bridgehead atoms. The highest BCUT2D eigenvalue weighted by Crippen LogP contribution is 1.92. The van der Waals surface area contributed by atoms with Crippen LogP contribution in [0.25, 0.3) is 0 Å². The third-order valence-electron chi connectivity index (χ3n) is 0.948. The van der Waals surface area contributed by atoms with Gasteiger partial charge in [-0.25, -0.2) is 0 Å². The van der Waals surface area contributed by atoms with E-state index in [1.807, 2.05) is 0 Å². The largest absolute Gasteiger partial charge is 0.301 e. The molecule has 5 heteroatoms. The summed E-state index contributed by atoms with van der Waals surface area (Å²) in [6, 6.07) is 0. The number of nitrogens with one attached hydrogen (secondary N) is 1. The standard InChI is InChI=1S/C4H4N2O2S/c7-2-6-1-3(8)5-4(6)9/h2H,1H2,(H,5,8,9).